The van der Waals surface area contributed by atoms with Gasteiger partial charge < -0.3 is 0 Å². The first-order valence-electron chi connectivity index (χ1n) is 4.02. The van der Waals surface area contributed by atoms with E-state index in [-0.39, 0.29) is 0 Å². The van der Waals surface area contributed by atoms with Crippen molar-refractivity contribution >= 4 is 0 Å². The fourth-order valence-electron chi connectivity index (χ4n) is 1.14. The van der Waals surface area contributed by atoms with Crippen molar-refractivity contribution in [3.8, 4) is 0 Å². The van der Waals surface area contributed by atoms with Crippen LogP contribution in [0.25, 0.3) is 0 Å². The van der Waals surface area contributed by atoms with Gasteiger partial charge in [0.1, 0.15) is 0 Å². The van der Waals surface area contributed by atoms with Gasteiger partial charge in [-0.25, -0.2) is 0 Å². The third kappa shape index (κ3) is 2.06. The molecule has 0 radical (unpaired) electrons. The van der Waals surface area contributed by atoms with Crippen LogP contribution in [0.3, 0.4) is 0 Å². The molecule has 0 aliphatic rings. The molecule has 0 saturated heterocycles. The predicted molar refractivity (Wildman–Crippen MR) is 52.0 cm³/mol. The number of hydrogen-bond donors (Lipinski definition) is 0. The van der Waals surface area contributed by atoms with E-state index in [1.54, 1.807) is 6.20 Å². The summed E-state index contributed by atoms with van der Waals surface area (Å²) in [6.07, 6.45) is 8.40. The topological polar surface area (TPSA) is 12.9 Å². The molecule has 1 heterocycles. The predicted octanol–water partition coefficient (Wildman–Crippen LogP) is 2.93. The standard InChI is InChI=1S/C11H13N/c1-3-6-10(4-2)11-7-5-8-12-9-11/h3-5,7-10H,1-2,6H2/t10-/m1/s1. The lowest BCUT2D eigenvalue weighted by atomic mass is 9.98. The lowest BCUT2D eigenvalue weighted by Gasteiger charge is -2.08. The normalized spacial score (nSPS) is 12.0. The van der Waals surface area contributed by atoms with Gasteiger partial charge in [0.05, 0.1) is 0 Å². The Morgan fingerprint density at radius 3 is 2.83 bits per heavy atom. The number of nitrogens with zero attached hydrogens (tertiary/aromatic N) is 1. The Balaban J connectivity index is 2.79. The van der Waals surface area contributed by atoms with Crippen LogP contribution < -0.4 is 0 Å². The summed E-state index contributed by atoms with van der Waals surface area (Å²) in [5, 5.41) is 0. The van der Waals surface area contributed by atoms with E-state index in [4.69, 9.17) is 0 Å². The second-order valence-corrected chi connectivity index (χ2v) is 2.65. The molecule has 1 heteroatoms. The lowest BCUT2D eigenvalue weighted by molar-refractivity contribution is 0.860. The quantitative estimate of drug-likeness (QED) is 0.615. The van der Waals surface area contributed by atoms with Gasteiger partial charge in [-0.05, 0) is 18.1 Å². The highest BCUT2D eigenvalue weighted by molar-refractivity contribution is 5.20. The molecular formula is C11H13N. The molecule has 1 nitrogen and oxygen atoms in total. The summed E-state index contributed by atoms with van der Waals surface area (Å²) in [5.41, 5.74) is 1.20. The van der Waals surface area contributed by atoms with Crippen LogP contribution in [0.1, 0.15) is 17.9 Å². The van der Waals surface area contributed by atoms with E-state index < -0.39 is 0 Å². The van der Waals surface area contributed by atoms with Gasteiger partial charge >= 0.3 is 0 Å². The first-order chi connectivity index (χ1) is 5.88. The Bertz CT molecular complexity index is 251. The molecule has 0 aliphatic carbocycles. The van der Waals surface area contributed by atoms with Gasteiger partial charge in [0.2, 0.25) is 0 Å². The zero-order valence-corrected chi connectivity index (χ0v) is 7.11. The Morgan fingerprint density at radius 2 is 2.33 bits per heavy atom. The van der Waals surface area contributed by atoms with Gasteiger partial charge in [-0.2, -0.15) is 0 Å². The average Bonchev–Trinajstić information content (AvgIpc) is 2.15. The van der Waals surface area contributed by atoms with E-state index in [0.717, 1.165) is 6.42 Å². The van der Waals surface area contributed by atoms with E-state index in [0.29, 0.717) is 5.92 Å². The van der Waals surface area contributed by atoms with Crippen molar-refractivity contribution in [1.29, 1.82) is 0 Å². The van der Waals surface area contributed by atoms with E-state index >= 15 is 0 Å². The number of rotatable bonds is 4. The van der Waals surface area contributed by atoms with Gasteiger partial charge in [0.25, 0.3) is 0 Å². The third-order valence-corrected chi connectivity index (χ3v) is 1.82. The van der Waals surface area contributed by atoms with Crippen molar-refractivity contribution in [2.75, 3.05) is 0 Å². The number of allylic oxidation sites excluding steroid dienone is 2. The third-order valence-electron chi connectivity index (χ3n) is 1.82. The van der Waals surface area contributed by atoms with Crippen LogP contribution in [0.4, 0.5) is 0 Å². The average molecular weight is 159 g/mol. The summed E-state index contributed by atoms with van der Waals surface area (Å²) >= 11 is 0. The van der Waals surface area contributed by atoms with Crippen LogP contribution in [-0.2, 0) is 0 Å². The van der Waals surface area contributed by atoms with Crippen LogP contribution in [-0.4, -0.2) is 4.98 Å². The Kier molecular flexibility index (Phi) is 3.27. The molecule has 0 aliphatic heterocycles. The molecule has 0 saturated carbocycles. The summed E-state index contributed by atoms with van der Waals surface area (Å²) in [6, 6.07) is 4.00. The van der Waals surface area contributed by atoms with E-state index in [1.165, 1.54) is 5.56 Å². The second-order valence-electron chi connectivity index (χ2n) is 2.65. The van der Waals surface area contributed by atoms with Crippen LogP contribution >= 0.6 is 0 Å². The fourth-order valence-corrected chi connectivity index (χ4v) is 1.14. The molecule has 0 aromatic carbocycles. The van der Waals surface area contributed by atoms with Crippen molar-refractivity contribution in [2.24, 2.45) is 0 Å². The first kappa shape index (κ1) is 8.72. The fraction of sp³-hybridized carbons (Fsp3) is 0.182. The van der Waals surface area contributed by atoms with Crippen molar-refractivity contribution < 1.29 is 0 Å². The maximum absolute atomic E-state index is 4.05. The molecule has 1 aromatic heterocycles. The van der Waals surface area contributed by atoms with Gasteiger partial charge in [-0.1, -0.05) is 18.2 Å². The molecule has 62 valence electrons. The molecule has 0 N–H and O–H groups in total. The van der Waals surface area contributed by atoms with Crippen LogP contribution in [0.5, 0.6) is 0 Å². The summed E-state index contributed by atoms with van der Waals surface area (Å²) in [4.78, 5) is 4.05. The summed E-state index contributed by atoms with van der Waals surface area (Å²) in [6.45, 7) is 7.49. The highest BCUT2D eigenvalue weighted by Gasteiger charge is 2.03. The van der Waals surface area contributed by atoms with Crippen molar-refractivity contribution in [2.45, 2.75) is 12.3 Å². The minimum atomic E-state index is 0.358. The molecule has 1 aromatic rings. The Morgan fingerprint density at radius 1 is 1.50 bits per heavy atom. The maximum Gasteiger partial charge on any atom is 0.0305 e. The zero-order valence-electron chi connectivity index (χ0n) is 7.11. The van der Waals surface area contributed by atoms with E-state index in [9.17, 15) is 0 Å². The van der Waals surface area contributed by atoms with Crippen LogP contribution in [0.15, 0.2) is 49.8 Å². The second kappa shape index (κ2) is 4.50. The highest BCUT2D eigenvalue weighted by Crippen LogP contribution is 2.19. The molecule has 12 heavy (non-hydrogen) atoms. The molecule has 0 fully saturated rings. The Labute approximate surface area is 73.5 Å². The van der Waals surface area contributed by atoms with Gasteiger partial charge in [-0.15, -0.1) is 13.2 Å². The Hall–Kier alpha value is -1.37. The monoisotopic (exact) mass is 159 g/mol. The first-order valence-corrected chi connectivity index (χ1v) is 4.02. The van der Waals surface area contributed by atoms with Gasteiger partial charge in [-0.3, -0.25) is 4.98 Å². The van der Waals surface area contributed by atoms with Crippen LogP contribution in [0.2, 0.25) is 0 Å². The van der Waals surface area contributed by atoms with Crippen molar-refractivity contribution in [3.63, 3.8) is 0 Å². The van der Waals surface area contributed by atoms with E-state index in [2.05, 4.69) is 24.2 Å². The highest BCUT2D eigenvalue weighted by atomic mass is 14.6. The number of hydrogen-bond acceptors (Lipinski definition) is 1. The van der Waals surface area contributed by atoms with Crippen LogP contribution in [0, 0.1) is 0 Å². The SMILES string of the molecule is C=CC[C@@H](C=C)c1cccnc1. The van der Waals surface area contributed by atoms with Crippen molar-refractivity contribution in [3.05, 3.63) is 55.4 Å². The molecule has 0 bridgehead atoms. The van der Waals surface area contributed by atoms with Crippen molar-refractivity contribution in [1.82, 2.24) is 4.98 Å². The summed E-state index contributed by atoms with van der Waals surface area (Å²) < 4.78 is 0. The molecule has 1 rings (SSSR count). The van der Waals surface area contributed by atoms with Gasteiger partial charge in [0, 0.05) is 18.3 Å². The largest absolute Gasteiger partial charge is 0.264 e. The molecule has 1 atom stereocenters. The smallest absolute Gasteiger partial charge is 0.0305 e. The minimum absolute atomic E-state index is 0.358. The van der Waals surface area contributed by atoms with Gasteiger partial charge in [0.15, 0.2) is 0 Å². The molecule has 0 unspecified atom stereocenters. The number of aromatic nitrogens is 1. The minimum Gasteiger partial charge on any atom is -0.264 e. The zero-order chi connectivity index (χ0) is 8.81. The molecule has 0 amide bonds. The van der Waals surface area contributed by atoms with E-state index in [1.807, 2.05) is 24.4 Å². The summed E-state index contributed by atoms with van der Waals surface area (Å²) in [7, 11) is 0. The molecular weight excluding hydrogens is 146 g/mol. The lowest BCUT2D eigenvalue weighted by Crippen LogP contribution is -1.92. The number of pyridine rings is 1. The maximum atomic E-state index is 4.05. The summed E-state index contributed by atoms with van der Waals surface area (Å²) in [5.74, 6) is 0.358. The molecule has 0 spiro atoms.